The van der Waals surface area contributed by atoms with Gasteiger partial charge in [0.1, 0.15) is 36.9 Å². The van der Waals surface area contributed by atoms with Crippen LogP contribution >= 0.6 is 0 Å². The van der Waals surface area contributed by atoms with Crippen molar-refractivity contribution < 1.29 is 49.0 Å². The zero-order valence-electron chi connectivity index (χ0n) is 26.2. The molecule has 4 aromatic rings. The number of carbonyl (C=O) groups excluding carboxylic acids is 2. The molecular weight excluding hydrogens is 616 g/mol. The maximum Gasteiger partial charge on any atom is 0.330 e. The van der Waals surface area contributed by atoms with Crippen molar-refractivity contribution in [2.24, 2.45) is 0 Å². The minimum atomic E-state index is -0.976. The van der Waals surface area contributed by atoms with E-state index in [9.17, 15) is 30.0 Å². The first-order chi connectivity index (χ1) is 23.2. The van der Waals surface area contributed by atoms with Crippen LogP contribution in [0, 0.1) is 0 Å². The van der Waals surface area contributed by atoms with Crippen molar-refractivity contribution in [3.8, 4) is 22.6 Å². The highest BCUT2D eigenvalue weighted by Crippen LogP contribution is 2.21. The van der Waals surface area contributed by atoms with E-state index in [4.69, 9.17) is 18.9 Å². The molecule has 48 heavy (non-hydrogen) atoms. The summed E-state index contributed by atoms with van der Waals surface area (Å²) in [7, 11) is 0. The first kappa shape index (κ1) is 35.6. The Hall–Kier alpha value is -5.26. The second-order valence-corrected chi connectivity index (χ2v) is 10.8. The standard InChI is InChI=1S/C38H38O10/c39-33-5-1-3-27(19-33)11-17-37(43)47-25-35(41)23-45-21-29-7-13-31(14-8-29)32-15-9-30(10-16-32)22-46-24-36(42)26-48-38(44)18-12-28-4-2-6-34(40)20-28/h1-20,35-36,39-42H,21-26H2/b17-11+,18-12+. The molecule has 0 radical (unpaired) electrons. The molecule has 2 atom stereocenters. The molecule has 2 unspecified atom stereocenters. The van der Waals surface area contributed by atoms with E-state index < -0.39 is 24.1 Å². The van der Waals surface area contributed by atoms with E-state index in [1.54, 1.807) is 24.3 Å². The van der Waals surface area contributed by atoms with Gasteiger partial charge in [0.05, 0.1) is 26.4 Å². The number of benzene rings is 4. The largest absolute Gasteiger partial charge is 0.508 e. The first-order valence-corrected chi connectivity index (χ1v) is 15.2. The van der Waals surface area contributed by atoms with E-state index in [1.165, 1.54) is 48.6 Å². The third-order valence-corrected chi connectivity index (χ3v) is 6.80. The fourth-order valence-electron chi connectivity index (χ4n) is 4.35. The number of phenolic OH excluding ortho intramolecular Hbond substituents is 2. The number of aliphatic hydroxyl groups excluding tert-OH is 2. The van der Waals surface area contributed by atoms with Crippen LogP contribution in [0.1, 0.15) is 22.3 Å². The van der Waals surface area contributed by atoms with Crippen LogP contribution in [-0.2, 0) is 41.8 Å². The molecule has 0 bridgehead atoms. The van der Waals surface area contributed by atoms with Crippen LogP contribution in [0.3, 0.4) is 0 Å². The Bertz CT molecular complexity index is 1540. The van der Waals surface area contributed by atoms with Gasteiger partial charge in [0.25, 0.3) is 0 Å². The molecule has 0 heterocycles. The molecule has 0 aromatic heterocycles. The highest BCUT2D eigenvalue weighted by molar-refractivity contribution is 5.87. The zero-order valence-corrected chi connectivity index (χ0v) is 26.2. The second-order valence-electron chi connectivity index (χ2n) is 10.8. The lowest BCUT2D eigenvalue weighted by molar-refractivity contribution is -0.142. The average molecular weight is 655 g/mol. The van der Waals surface area contributed by atoms with E-state index in [0.717, 1.165) is 22.3 Å². The van der Waals surface area contributed by atoms with E-state index in [1.807, 2.05) is 48.5 Å². The van der Waals surface area contributed by atoms with Crippen LogP contribution < -0.4 is 0 Å². The molecule has 0 aliphatic rings. The van der Waals surface area contributed by atoms with Crippen LogP contribution in [0.15, 0.2) is 109 Å². The molecule has 250 valence electrons. The van der Waals surface area contributed by atoms with Gasteiger partial charge in [-0.3, -0.25) is 0 Å². The van der Waals surface area contributed by atoms with E-state index in [-0.39, 0.29) is 51.1 Å². The Morgan fingerprint density at radius 3 is 1.33 bits per heavy atom. The summed E-state index contributed by atoms with van der Waals surface area (Å²) in [6.07, 6.45) is 3.52. The van der Waals surface area contributed by atoms with Gasteiger partial charge >= 0.3 is 11.9 Å². The monoisotopic (exact) mass is 654 g/mol. The number of aromatic hydroxyl groups is 2. The summed E-state index contributed by atoms with van der Waals surface area (Å²) in [4.78, 5) is 23.8. The molecule has 10 nitrogen and oxygen atoms in total. The van der Waals surface area contributed by atoms with Crippen LogP contribution in [0.5, 0.6) is 11.5 Å². The number of phenols is 2. The summed E-state index contributed by atoms with van der Waals surface area (Å²) < 4.78 is 21.2. The highest BCUT2D eigenvalue weighted by Gasteiger charge is 2.10. The number of carbonyl (C=O) groups is 2. The van der Waals surface area contributed by atoms with Gasteiger partial charge in [0.2, 0.25) is 0 Å². The summed E-state index contributed by atoms with van der Waals surface area (Å²) in [5, 5.41) is 39.1. The second kappa shape index (κ2) is 18.8. The molecule has 0 spiro atoms. The number of rotatable bonds is 17. The van der Waals surface area contributed by atoms with Crippen molar-refractivity contribution in [2.45, 2.75) is 25.4 Å². The van der Waals surface area contributed by atoms with Gasteiger partial charge in [-0.15, -0.1) is 0 Å². The Morgan fingerprint density at radius 1 is 0.562 bits per heavy atom. The molecule has 0 saturated heterocycles. The summed E-state index contributed by atoms with van der Waals surface area (Å²) >= 11 is 0. The summed E-state index contributed by atoms with van der Waals surface area (Å²) in [5.74, 6) is -1.03. The van der Waals surface area contributed by atoms with Gasteiger partial charge in [-0.25, -0.2) is 9.59 Å². The van der Waals surface area contributed by atoms with Crippen molar-refractivity contribution in [1.29, 1.82) is 0 Å². The van der Waals surface area contributed by atoms with Crippen molar-refractivity contribution >= 4 is 24.1 Å². The van der Waals surface area contributed by atoms with Crippen molar-refractivity contribution in [3.05, 3.63) is 131 Å². The van der Waals surface area contributed by atoms with E-state index >= 15 is 0 Å². The third kappa shape index (κ3) is 12.9. The number of esters is 2. The van der Waals surface area contributed by atoms with Gasteiger partial charge in [-0.2, -0.15) is 0 Å². The Labute approximate surface area is 278 Å². The smallest absolute Gasteiger partial charge is 0.330 e. The van der Waals surface area contributed by atoms with Gasteiger partial charge in [0, 0.05) is 12.2 Å². The normalized spacial score (nSPS) is 12.6. The third-order valence-electron chi connectivity index (χ3n) is 6.80. The van der Waals surface area contributed by atoms with Crippen molar-refractivity contribution in [1.82, 2.24) is 0 Å². The van der Waals surface area contributed by atoms with Gasteiger partial charge in [-0.05, 0) is 69.8 Å². The molecule has 4 rings (SSSR count). The quantitative estimate of drug-likeness (QED) is 0.0901. The summed E-state index contributed by atoms with van der Waals surface area (Å²) in [6, 6.07) is 28.5. The minimum absolute atomic E-state index is 0.00409. The number of hydrogen-bond acceptors (Lipinski definition) is 10. The van der Waals surface area contributed by atoms with Gasteiger partial charge in [0.15, 0.2) is 0 Å². The minimum Gasteiger partial charge on any atom is -0.508 e. The lowest BCUT2D eigenvalue weighted by atomic mass is 10.0. The van der Waals surface area contributed by atoms with Gasteiger partial charge in [-0.1, -0.05) is 72.8 Å². The molecule has 0 fully saturated rings. The molecule has 10 heteroatoms. The molecule has 0 saturated carbocycles. The predicted molar refractivity (Wildman–Crippen MR) is 179 cm³/mol. The van der Waals surface area contributed by atoms with Crippen LogP contribution in [0.25, 0.3) is 23.3 Å². The van der Waals surface area contributed by atoms with E-state index in [2.05, 4.69) is 0 Å². The molecule has 4 N–H and O–H groups in total. The lowest BCUT2D eigenvalue weighted by Gasteiger charge is -2.12. The number of ether oxygens (including phenoxy) is 4. The maximum absolute atomic E-state index is 11.9. The van der Waals surface area contributed by atoms with Crippen molar-refractivity contribution in [2.75, 3.05) is 26.4 Å². The molecule has 0 aliphatic carbocycles. The Kier molecular flexibility index (Phi) is 13.9. The van der Waals surface area contributed by atoms with E-state index in [0.29, 0.717) is 11.1 Å². The van der Waals surface area contributed by atoms with Gasteiger partial charge < -0.3 is 39.4 Å². The molecule has 0 aliphatic heterocycles. The predicted octanol–water partition coefficient (Wildman–Crippen LogP) is 5.03. The molecular formula is C38H38O10. The Morgan fingerprint density at radius 2 is 0.958 bits per heavy atom. The molecule has 4 aromatic carbocycles. The van der Waals surface area contributed by atoms with Crippen LogP contribution in [0.4, 0.5) is 0 Å². The topological polar surface area (TPSA) is 152 Å². The zero-order chi connectivity index (χ0) is 34.1. The highest BCUT2D eigenvalue weighted by atomic mass is 16.6. The van der Waals surface area contributed by atoms with Crippen LogP contribution in [-0.4, -0.2) is 71.0 Å². The fourth-order valence-corrected chi connectivity index (χ4v) is 4.35. The fraction of sp³-hybridized carbons (Fsp3) is 0.211. The first-order valence-electron chi connectivity index (χ1n) is 15.2. The maximum atomic E-state index is 11.9. The number of aliphatic hydroxyl groups is 2. The van der Waals surface area contributed by atoms with Crippen LogP contribution in [0.2, 0.25) is 0 Å². The lowest BCUT2D eigenvalue weighted by Crippen LogP contribution is -2.23. The molecule has 0 amide bonds. The summed E-state index contributed by atoms with van der Waals surface area (Å²) in [6.45, 7) is 0.131. The average Bonchev–Trinajstić information content (AvgIpc) is 3.09. The SMILES string of the molecule is O=C(/C=C/c1cccc(O)c1)OCC(O)COCc1ccc(-c2ccc(COCC(O)COC(=O)/C=C/c3cccc(O)c3)cc2)cc1. The Balaban J connectivity index is 1.09. The summed E-state index contributed by atoms with van der Waals surface area (Å²) in [5.41, 5.74) is 5.14. The number of hydrogen-bond donors (Lipinski definition) is 4. The van der Waals surface area contributed by atoms with Crippen molar-refractivity contribution in [3.63, 3.8) is 0 Å².